The molecule has 94 valence electrons. The first-order valence-corrected chi connectivity index (χ1v) is 6.00. The molecular weight excluding hydrogens is 228 g/mol. The van der Waals surface area contributed by atoms with Crippen LogP contribution in [0.2, 0.25) is 0 Å². The first kappa shape index (κ1) is 12.3. The number of fused-ring (bicyclic) bond motifs is 1. The van der Waals surface area contributed by atoms with Crippen molar-refractivity contribution in [2.24, 2.45) is 0 Å². The summed E-state index contributed by atoms with van der Waals surface area (Å²) in [4.78, 5) is 5.18. The predicted octanol–water partition coefficient (Wildman–Crippen LogP) is 3.14. The minimum atomic E-state index is 0.254. The van der Waals surface area contributed by atoms with Crippen LogP contribution in [0.15, 0.2) is 30.6 Å². The molecule has 0 aliphatic rings. The van der Waals surface area contributed by atoms with E-state index in [-0.39, 0.29) is 5.90 Å². The Bertz CT molecular complexity index is 541. The van der Waals surface area contributed by atoms with Gasteiger partial charge >= 0.3 is 0 Å². The van der Waals surface area contributed by atoms with Gasteiger partial charge in [0.25, 0.3) is 0 Å². The lowest BCUT2D eigenvalue weighted by molar-refractivity contribution is 0.375. The van der Waals surface area contributed by atoms with Crippen LogP contribution in [0.1, 0.15) is 26.2 Å². The predicted molar refractivity (Wildman–Crippen MR) is 71.5 cm³/mol. The highest BCUT2D eigenvalue weighted by atomic mass is 16.7. The Morgan fingerprint density at radius 1 is 1.28 bits per heavy atom. The average molecular weight is 244 g/mol. The second kappa shape index (κ2) is 5.95. The van der Waals surface area contributed by atoms with Gasteiger partial charge in [0.15, 0.2) is 0 Å². The van der Waals surface area contributed by atoms with E-state index in [0.29, 0.717) is 6.42 Å². The molecule has 0 saturated carbocycles. The normalized spacial score (nSPS) is 10.3. The lowest BCUT2D eigenvalue weighted by atomic mass is 10.2. The molecule has 1 aromatic heterocycles. The topological polar surface area (TPSA) is 70.9 Å². The summed E-state index contributed by atoms with van der Waals surface area (Å²) in [6, 6.07) is 5.74. The van der Waals surface area contributed by atoms with E-state index in [0.717, 1.165) is 29.3 Å². The second-order valence-electron chi connectivity index (χ2n) is 4.06. The van der Waals surface area contributed by atoms with Gasteiger partial charge in [-0.2, -0.15) is 10.2 Å². The van der Waals surface area contributed by atoms with Crippen LogP contribution in [-0.4, -0.2) is 16.1 Å². The van der Waals surface area contributed by atoms with E-state index < -0.39 is 0 Å². The fraction of sp³-hybridized carbons (Fsp3) is 0.308. The van der Waals surface area contributed by atoms with E-state index in [4.69, 9.17) is 10.2 Å². The van der Waals surface area contributed by atoms with Crippen LogP contribution in [0.4, 0.5) is 5.69 Å². The van der Waals surface area contributed by atoms with Crippen LogP contribution in [-0.2, 0) is 4.84 Å². The number of benzene rings is 1. The van der Waals surface area contributed by atoms with Gasteiger partial charge in [-0.05, 0) is 18.6 Å². The first-order valence-electron chi connectivity index (χ1n) is 6.00. The quantitative estimate of drug-likeness (QED) is 0.481. The van der Waals surface area contributed by atoms with E-state index in [1.54, 1.807) is 12.4 Å². The van der Waals surface area contributed by atoms with Gasteiger partial charge in [-0.25, -0.2) is 5.48 Å². The molecule has 0 bridgehead atoms. The minimum absolute atomic E-state index is 0.254. The highest BCUT2D eigenvalue weighted by molar-refractivity contribution is 5.84. The van der Waals surface area contributed by atoms with Crippen molar-refractivity contribution in [1.82, 2.24) is 10.2 Å². The average Bonchev–Trinajstić information content (AvgIpc) is 2.42. The molecule has 0 radical (unpaired) electrons. The maximum Gasteiger partial charge on any atom is 0.214 e. The molecule has 5 nitrogen and oxygen atoms in total. The van der Waals surface area contributed by atoms with E-state index in [2.05, 4.69) is 22.6 Å². The molecule has 0 fully saturated rings. The zero-order valence-corrected chi connectivity index (χ0v) is 10.3. The van der Waals surface area contributed by atoms with E-state index in [1.807, 2.05) is 18.2 Å². The number of nitrogens with one attached hydrogen (secondary N) is 2. The van der Waals surface area contributed by atoms with Gasteiger partial charge < -0.3 is 4.84 Å². The summed E-state index contributed by atoms with van der Waals surface area (Å²) >= 11 is 0. The maximum absolute atomic E-state index is 7.60. The summed E-state index contributed by atoms with van der Waals surface area (Å²) in [6.07, 6.45) is 6.09. The third-order valence-electron chi connectivity index (χ3n) is 2.60. The lowest BCUT2D eigenvalue weighted by Crippen LogP contribution is -2.09. The molecule has 0 saturated heterocycles. The molecular formula is C13H16N4O. The molecule has 2 aromatic rings. The number of hydrogen-bond acceptors (Lipinski definition) is 5. The van der Waals surface area contributed by atoms with Gasteiger partial charge in [0.2, 0.25) is 5.90 Å². The van der Waals surface area contributed by atoms with Crippen molar-refractivity contribution < 1.29 is 4.84 Å². The molecule has 0 unspecified atom stereocenters. The lowest BCUT2D eigenvalue weighted by Gasteiger charge is -2.09. The third-order valence-corrected chi connectivity index (χ3v) is 2.60. The molecule has 0 aliphatic carbocycles. The zero-order valence-electron chi connectivity index (χ0n) is 10.3. The third kappa shape index (κ3) is 3.16. The van der Waals surface area contributed by atoms with Crippen molar-refractivity contribution >= 4 is 22.4 Å². The number of rotatable bonds is 5. The molecule has 0 atom stereocenters. The van der Waals surface area contributed by atoms with Gasteiger partial charge in [-0.1, -0.05) is 19.4 Å². The molecule has 5 heteroatoms. The fourth-order valence-electron chi connectivity index (χ4n) is 1.57. The summed E-state index contributed by atoms with van der Waals surface area (Å²) < 4.78 is 0. The summed E-state index contributed by atoms with van der Waals surface area (Å²) in [5.74, 6) is 0.254. The first-order chi connectivity index (χ1) is 8.79. The van der Waals surface area contributed by atoms with Crippen LogP contribution in [0.25, 0.3) is 10.8 Å². The highest BCUT2D eigenvalue weighted by Gasteiger charge is 2.00. The SMILES string of the molecule is CCCCC(=N)ONc1ccc2cnncc2c1. The molecule has 18 heavy (non-hydrogen) atoms. The van der Waals surface area contributed by atoms with Crippen LogP contribution >= 0.6 is 0 Å². The van der Waals surface area contributed by atoms with Gasteiger partial charge in [0.05, 0.1) is 18.1 Å². The Kier molecular flexibility index (Phi) is 4.06. The maximum atomic E-state index is 7.60. The number of hydrogen-bond donors (Lipinski definition) is 2. The molecule has 1 aromatic carbocycles. The van der Waals surface area contributed by atoms with Crippen molar-refractivity contribution in [2.75, 3.05) is 5.48 Å². The summed E-state index contributed by atoms with van der Waals surface area (Å²) in [5, 5.41) is 17.3. The van der Waals surface area contributed by atoms with Crippen molar-refractivity contribution in [3.8, 4) is 0 Å². The van der Waals surface area contributed by atoms with Gasteiger partial charge in [-0.15, -0.1) is 0 Å². The van der Waals surface area contributed by atoms with Crippen molar-refractivity contribution in [2.45, 2.75) is 26.2 Å². The summed E-state index contributed by atoms with van der Waals surface area (Å²) in [5.41, 5.74) is 3.58. The molecule has 0 spiro atoms. The van der Waals surface area contributed by atoms with Crippen molar-refractivity contribution in [3.05, 3.63) is 30.6 Å². The number of anilines is 1. The summed E-state index contributed by atoms with van der Waals surface area (Å²) in [7, 11) is 0. The largest absolute Gasteiger partial charge is 0.367 e. The van der Waals surface area contributed by atoms with Crippen LogP contribution in [0.5, 0.6) is 0 Å². The second-order valence-corrected chi connectivity index (χ2v) is 4.06. The number of nitrogens with zero attached hydrogens (tertiary/aromatic N) is 2. The molecule has 2 rings (SSSR count). The summed E-state index contributed by atoms with van der Waals surface area (Å²) in [6.45, 7) is 2.09. The van der Waals surface area contributed by atoms with E-state index in [9.17, 15) is 0 Å². The van der Waals surface area contributed by atoms with Gasteiger partial charge in [-0.3, -0.25) is 5.41 Å². The van der Waals surface area contributed by atoms with Crippen LogP contribution in [0.3, 0.4) is 0 Å². The van der Waals surface area contributed by atoms with Crippen LogP contribution < -0.4 is 5.48 Å². The fourth-order valence-corrected chi connectivity index (χ4v) is 1.57. The molecule has 1 heterocycles. The number of aromatic nitrogens is 2. The van der Waals surface area contributed by atoms with Crippen molar-refractivity contribution in [1.29, 1.82) is 5.41 Å². The Labute approximate surface area is 106 Å². The Hall–Kier alpha value is -2.17. The molecule has 0 amide bonds. The Balaban J connectivity index is 1.97. The standard InChI is InChI=1S/C13H16N4O/c1-2-3-4-13(14)18-17-12-6-5-10-8-15-16-9-11(10)7-12/h5-9,14,17H,2-4H2,1H3. The van der Waals surface area contributed by atoms with Crippen molar-refractivity contribution in [3.63, 3.8) is 0 Å². The van der Waals surface area contributed by atoms with Gasteiger partial charge in [0.1, 0.15) is 0 Å². The zero-order chi connectivity index (χ0) is 12.8. The van der Waals surface area contributed by atoms with Crippen LogP contribution in [0, 0.1) is 5.41 Å². The Morgan fingerprint density at radius 2 is 2.06 bits per heavy atom. The molecule has 0 aliphatic heterocycles. The van der Waals surface area contributed by atoms with E-state index in [1.165, 1.54) is 0 Å². The smallest absolute Gasteiger partial charge is 0.214 e. The monoisotopic (exact) mass is 244 g/mol. The van der Waals surface area contributed by atoms with E-state index >= 15 is 0 Å². The Morgan fingerprint density at radius 3 is 2.83 bits per heavy atom. The van der Waals surface area contributed by atoms with Gasteiger partial charge in [0, 0.05) is 17.2 Å². The number of unbranched alkanes of at least 4 members (excludes halogenated alkanes) is 1. The minimum Gasteiger partial charge on any atom is -0.367 e. The highest BCUT2D eigenvalue weighted by Crippen LogP contribution is 2.17. The molecule has 2 N–H and O–H groups in total.